The third-order valence-corrected chi connectivity index (χ3v) is 3.88. The summed E-state index contributed by atoms with van der Waals surface area (Å²) in [4.78, 5) is 11.8. The summed E-state index contributed by atoms with van der Waals surface area (Å²) in [5, 5.41) is 3.65. The van der Waals surface area contributed by atoms with E-state index in [-0.39, 0.29) is 11.7 Å². The number of alkyl halides is 4. The third kappa shape index (κ3) is 7.36. The quantitative estimate of drug-likeness (QED) is 0.581. The first-order chi connectivity index (χ1) is 9.81. The molecule has 1 aromatic carbocycles. The maximum Gasteiger partial charge on any atom is 0.573 e. The second kappa shape index (κ2) is 8.26. The van der Waals surface area contributed by atoms with E-state index in [1.54, 1.807) is 0 Å². The Morgan fingerprint density at radius 1 is 1.33 bits per heavy atom. The number of carbonyl (C=O) groups excluding carboxylic acids is 1. The Morgan fingerprint density at radius 2 is 1.95 bits per heavy atom. The van der Waals surface area contributed by atoms with Crippen LogP contribution in [0.2, 0.25) is 0 Å². The number of carbonyl (C=O) groups is 1. The lowest BCUT2D eigenvalue weighted by Gasteiger charge is -2.10. The molecule has 0 radical (unpaired) electrons. The van der Waals surface area contributed by atoms with Gasteiger partial charge in [-0.2, -0.15) is 0 Å². The lowest BCUT2D eigenvalue weighted by Crippen LogP contribution is -2.24. The SMILES string of the molecule is CC(CBr)CCCNC(=O)c1ccc(OC(F)(F)F)cc1. The van der Waals surface area contributed by atoms with Gasteiger partial charge in [0.25, 0.3) is 5.91 Å². The number of halogens is 4. The van der Waals surface area contributed by atoms with Gasteiger partial charge in [-0.25, -0.2) is 0 Å². The fourth-order valence-electron chi connectivity index (χ4n) is 1.64. The highest BCUT2D eigenvalue weighted by molar-refractivity contribution is 9.09. The molecule has 1 aromatic rings. The van der Waals surface area contributed by atoms with Crippen molar-refractivity contribution in [1.29, 1.82) is 0 Å². The molecule has 1 unspecified atom stereocenters. The summed E-state index contributed by atoms with van der Waals surface area (Å²) in [5.74, 6) is -0.106. The van der Waals surface area contributed by atoms with Crippen molar-refractivity contribution >= 4 is 21.8 Å². The van der Waals surface area contributed by atoms with Crippen LogP contribution in [-0.4, -0.2) is 24.1 Å². The van der Waals surface area contributed by atoms with Crippen LogP contribution < -0.4 is 10.1 Å². The largest absolute Gasteiger partial charge is 0.573 e. The molecule has 0 spiro atoms. The fourth-order valence-corrected chi connectivity index (χ4v) is 1.96. The molecular weight excluding hydrogens is 351 g/mol. The minimum Gasteiger partial charge on any atom is -0.406 e. The molecule has 1 N–H and O–H groups in total. The van der Waals surface area contributed by atoms with Gasteiger partial charge in [0.15, 0.2) is 0 Å². The van der Waals surface area contributed by atoms with Crippen molar-refractivity contribution in [2.24, 2.45) is 5.92 Å². The Labute approximate surface area is 130 Å². The Bertz CT molecular complexity index is 449. The Morgan fingerprint density at radius 3 is 2.48 bits per heavy atom. The normalized spacial score (nSPS) is 12.8. The molecule has 118 valence electrons. The van der Waals surface area contributed by atoms with E-state index in [2.05, 4.69) is 32.9 Å². The second-order valence-corrected chi connectivity index (χ2v) is 5.38. The summed E-state index contributed by atoms with van der Waals surface area (Å²) < 4.78 is 39.7. The molecule has 1 rings (SSSR count). The van der Waals surface area contributed by atoms with Crippen LogP contribution in [0.25, 0.3) is 0 Å². The van der Waals surface area contributed by atoms with Crippen molar-refractivity contribution in [2.75, 3.05) is 11.9 Å². The van der Waals surface area contributed by atoms with Crippen molar-refractivity contribution < 1.29 is 22.7 Å². The van der Waals surface area contributed by atoms with E-state index in [1.807, 2.05) is 0 Å². The summed E-state index contributed by atoms with van der Waals surface area (Å²) in [5.41, 5.74) is 0.304. The van der Waals surface area contributed by atoms with Crippen LogP contribution in [0.15, 0.2) is 24.3 Å². The monoisotopic (exact) mass is 367 g/mol. The highest BCUT2D eigenvalue weighted by atomic mass is 79.9. The van der Waals surface area contributed by atoms with Crippen LogP contribution in [0.3, 0.4) is 0 Å². The summed E-state index contributed by atoms with van der Waals surface area (Å²) >= 11 is 3.38. The lowest BCUT2D eigenvalue weighted by atomic mass is 10.1. The zero-order chi connectivity index (χ0) is 15.9. The first kappa shape index (κ1) is 17.8. The average Bonchev–Trinajstić information content (AvgIpc) is 2.42. The van der Waals surface area contributed by atoms with Crippen molar-refractivity contribution in [3.8, 4) is 5.75 Å². The molecule has 0 aliphatic rings. The predicted molar refractivity (Wildman–Crippen MR) is 77.7 cm³/mol. The number of benzene rings is 1. The third-order valence-electron chi connectivity index (χ3n) is 2.77. The van der Waals surface area contributed by atoms with E-state index in [1.165, 1.54) is 12.1 Å². The van der Waals surface area contributed by atoms with Crippen LogP contribution in [0, 0.1) is 5.92 Å². The van der Waals surface area contributed by atoms with Crippen molar-refractivity contribution in [1.82, 2.24) is 5.32 Å². The Hall–Kier alpha value is -1.24. The van der Waals surface area contributed by atoms with Crippen LogP contribution in [0.1, 0.15) is 30.1 Å². The molecule has 0 aromatic heterocycles. The molecule has 1 amide bonds. The van der Waals surface area contributed by atoms with E-state index in [4.69, 9.17) is 0 Å². The van der Waals surface area contributed by atoms with Crippen molar-refractivity contribution in [3.63, 3.8) is 0 Å². The summed E-state index contributed by atoms with van der Waals surface area (Å²) in [7, 11) is 0. The van der Waals surface area contributed by atoms with Gasteiger partial charge in [-0.15, -0.1) is 13.2 Å². The lowest BCUT2D eigenvalue weighted by molar-refractivity contribution is -0.274. The van der Waals surface area contributed by atoms with E-state index in [0.29, 0.717) is 18.0 Å². The van der Waals surface area contributed by atoms with Gasteiger partial charge in [0.1, 0.15) is 5.75 Å². The topological polar surface area (TPSA) is 38.3 Å². The van der Waals surface area contributed by atoms with Gasteiger partial charge in [0, 0.05) is 17.4 Å². The van der Waals surface area contributed by atoms with Gasteiger partial charge in [-0.3, -0.25) is 4.79 Å². The van der Waals surface area contributed by atoms with Gasteiger partial charge in [0.2, 0.25) is 0 Å². The van der Waals surface area contributed by atoms with Gasteiger partial charge in [0.05, 0.1) is 0 Å². The van der Waals surface area contributed by atoms with Gasteiger partial charge in [-0.05, 0) is 43.0 Å². The summed E-state index contributed by atoms with van der Waals surface area (Å²) in [6.45, 7) is 2.65. The second-order valence-electron chi connectivity index (χ2n) is 4.73. The molecule has 21 heavy (non-hydrogen) atoms. The minimum atomic E-state index is -4.73. The number of amides is 1. The molecule has 0 aliphatic carbocycles. The van der Waals surface area contributed by atoms with E-state index in [9.17, 15) is 18.0 Å². The minimum absolute atomic E-state index is 0.304. The molecule has 0 heterocycles. The van der Waals surface area contributed by atoms with E-state index in [0.717, 1.165) is 30.3 Å². The number of rotatable bonds is 7. The average molecular weight is 368 g/mol. The van der Waals surface area contributed by atoms with Gasteiger partial charge in [-0.1, -0.05) is 22.9 Å². The molecule has 1 atom stereocenters. The zero-order valence-corrected chi connectivity index (χ0v) is 13.1. The molecular formula is C14H17BrF3NO2. The van der Waals surface area contributed by atoms with Crippen LogP contribution >= 0.6 is 15.9 Å². The molecule has 7 heteroatoms. The highest BCUT2D eigenvalue weighted by Crippen LogP contribution is 2.22. The number of hydrogen-bond acceptors (Lipinski definition) is 2. The molecule has 0 saturated heterocycles. The molecule has 0 aliphatic heterocycles. The zero-order valence-electron chi connectivity index (χ0n) is 11.5. The van der Waals surface area contributed by atoms with E-state index < -0.39 is 6.36 Å². The maximum atomic E-state index is 12.0. The number of nitrogens with one attached hydrogen (secondary N) is 1. The summed E-state index contributed by atoms with van der Waals surface area (Å²) in [6.07, 6.45) is -2.88. The number of hydrogen-bond donors (Lipinski definition) is 1. The predicted octanol–water partition coefficient (Wildman–Crippen LogP) is 4.13. The maximum absolute atomic E-state index is 12.0. The van der Waals surface area contributed by atoms with Crippen LogP contribution in [-0.2, 0) is 0 Å². The van der Waals surface area contributed by atoms with Crippen molar-refractivity contribution in [3.05, 3.63) is 29.8 Å². The first-order valence-corrected chi connectivity index (χ1v) is 7.64. The molecule has 0 fully saturated rings. The smallest absolute Gasteiger partial charge is 0.406 e. The standard InChI is InChI=1S/C14H17BrF3NO2/c1-10(9-15)3-2-8-19-13(20)11-4-6-12(7-5-11)21-14(16,17)18/h4-7,10H,2-3,8-9H2,1H3,(H,19,20). The van der Waals surface area contributed by atoms with Crippen LogP contribution in [0.5, 0.6) is 5.75 Å². The fraction of sp³-hybridized carbons (Fsp3) is 0.500. The number of ether oxygens (including phenoxy) is 1. The summed E-state index contributed by atoms with van der Waals surface area (Å²) in [6, 6.07) is 4.85. The van der Waals surface area contributed by atoms with Crippen molar-refractivity contribution in [2.45, 2.75) is 26.1 Å². The Kier molecular flexibility index (Phi) is 7.01. The molecule has 0 bridgehead atoms. The van der Waals surface area contributed by atoms with Gasteiger partial charge >= 0.3 is 6.36 Å². The van der Waals surface area contributed by atoms with Gasteiger partial charge < -0.3 is 10.1 Å². The van der Waals surface area contributed by atoms with E-state index >= 15 is 0 Å². The first-order valence-electron chi connectivity index (χ1n) is 6.52. The Balaban J connectivity index is 2.41. The van der Waals surface area contributed by atoms with Crippen LogP contribution in [0.4, 0.5) is 13.2 Å². The molecule has 3 nitrogen and oxygen atoms in total. The molecule has 0 saturated carbocycles. The highest BCUT2D eigenvalue weighted by Gasteiger charge is 2.31.